The van der Waals surface area contributed by atoms with Gasteiger partial charge in [-0.05, 0) is 49.7 Å². The van der Waals surface area contributed by atoms with Crippen molar-refractivity contribution in [3.8, 4) is 0 Å². The number of halogens is 1. The normalized spacial score (nSPS) is 20.6. The van der Waals surface area contributed by atoms with Crippen molar-refractivity contribution in [3.63, 3.8) is 0 Å². The number of aryl methyl sites for hydroxylation is 1. The number of anilines is 2. The maximum atomic E-state index is 13.5. The van der Waals surface area contributed by atoms with Crippen LogP contribution in [0.5, 0.6) is 0 Å². The van der Waals surface area contributed by atoms with Gasteiger partial charge in [0.2, 0.25) is 5.91 Å². The predicted octanol–water partition coefficient (Wildman–Crippen LogP) is 3.85. The number of hydrazine groups is 1. The number of rotatable bonds is 3. The van der Waals surface area contributed by atoms with E-state index >= 15 is 0 Å². The van der Waals surface area contributed by atoms with E-state index in [0.29, 0.717) is 28.5 Å². The van der Waals surface area contributed by atoms with Crippen LogP contribution in [-0.2, 0) is 14.8 Å². The first-order valence-electron chi connectivity index (χ1n) is 10.3. The molecule has 1 N–H and O–H groups in total. The highest BCUT2D eigenvalue weighted by molar-refractivity contribution is 7.92. The molecule has 2 aliphatic heterocycles. The Balaban J connectivity index is 1.55. The van der Waals surface area contributed by atoms with Gasteiger partial charge >= 0.3 is 0 Å². The molecule has 2 aromatic carbocycles. The molecule has 0 bridgehead atoms. The maximum absolute atomic E-state index is 13.5. The monoisotopic (exact) mass is 468 g/mol. The second-order valence-corrected chi connectivity index (χ2v) is 10.3. The van der Waals surface area contributed by atoms with Crippen molar-refractivity contribution in [2.24, 2.45) is 5.92 Å². The van der Waals surface area contributed by atoms with Crippen LogP contribution in [0.2, 0.25) is 5.02 Å². The number of amides is 1. The van der Waals surface area contributed by atoms with Crippen molar-refractivity contribution in [2.45, 2.75) is 24.3 Å². The Hall–Kier alpha value is -2.94. The highest BCUT2D eigenvalue weighted by atomic mass is 35.5. The number of nitrogens with one attached hydrogen (secondary N) is 1. The van der Waals surface area contributed by atoms with E-state index < -0.39 is 22.0 Å². The van der Waals surface area contributed by atoms with Crippen molar-refractivity contribution in [2.75, 3.05) is 15.9 Å². The Morgan fingerprint density at radius 3 is 2.62 bits per heavy atom. The molecule has 2 atom stereocenters. The average molecular weight is 469 g/mol. The van der Waals surface area contributed by atoms with Crippen LogP contribution in [0.25, 0.3) is 0 Å². The molecule has 2 unspecified atom stereocenters. The summed E-state index contributed by atoms with van der Waals surface area (Å²) in [5.74, 6) is -0.217. The Morgan fingerprint density at radius 2 is 1.88 bits per heavy atom. The van der Waals surface area contributed by atoms with Crippen LogP contribution < -0.4 is 14.7 Å². The van der Waals surface area contributed by atoms with E-state index in [4.69, 9.17) is 11.6 Å². The zero-order valence-electron chi connectivity index (χ0n) is 17.3. The summed E-state index contributed by atoms with van der Waals surface area (Å²) < 4.78 is 28.3. The Kier molecular flexibility index (Phi) is 5.16. The lowest BCUT2D eigenvalue weighted by Gasteiger charge is -2.25. The van der Waals surface area contributed by atoms with Gasteiger partial charge in [0.25, 0.3) is 10.0 Å². The molecule has 1 fully saturated rings. The van der Waals surface area contributed by atoms with Crippen molar-refractivity contribution in [1.29, 1.82) is 0 Å². The summed E-state index contributed by atoms with van der Waals surface area (Å²) in [4.78, 5) is 17.9. The number of aromatic nitrogens is 1. The number of fused-ring (bicyclic) bond motifs is 3. The summed E-state index contributed by atoms with van der Waals surface area (Å²) in [6.45, 7) is 2.06. The second kappa shape index (κ2) is 7.88. The van der Waals surface area contributed by atoms with Crippen LogP contribution >= 0.6 is 11.6 Å². The standard InChI is InChI=1S/C23H21ClN4O3S/c1-15-7-9-18(10-8-15)32(30,31)27-13-11-20-21(19-6-3-12-25-22(19)27)26-28(23(20)29)17-5-2-4-16(24)14-17/h2-10,12,14,20-21,26H,11,13H2,1H3. The number of hydrogen-bond acceptors (Lipinski definition) is 5. The van der Waals surface area contributed by atoms with Crippen LogP contribution in [-0.4, -0.2) is 25.9 Å². The quantitative estimate of drug-likeness (QED) is 0.631. The van der Waals surface area contributed by atoms with Gasteiger partial charge in [-0.15, -0.1) is 0 Å². The minimum atomic E-state index is -3.83. The van der Waals surface area contributed by atoms with Crippen molar-refractivity contribution >= 4 is 39.0 Å². The zero-order valence-corrected chi connectivity index (χ0v) is 18.8. The second-order valence-electron chi connectivity index (χ2n) is 7.96. The van der Waals surface area contributed by atoms with Crippen LogP contribution in [0.3, 0.4) is 0 Å². The Labute approximate surface area is 191 Å². The molecule has 9 heteroatoms. The van der Waals surface area contributed by atoms with Crippen LogP contribution in [0.15, 0.2) is 71.8 Å². The first-order chi connectivity index (χ1) is 15.4. The van der Waals surface area contributed by atoms with E-state index in [0.717, 1.165) is 5.56 Å². The van der Waals surface area contributed by atoms with Crippen molar-refractivity contribution in [1.82, 2.24) is 10.4 Å². The van der Waals surface area contributed by atoms with Gasteiger partial charge in [-0.1, -0.05) is 41.4 Å². The lowest BCUT2D eigenvalue weighted by Crippen LogP contribution is -2.37. The van der Waals surface area contributed by atoms with Crippen molar-refractivity contribution in [3.05, 3.63) is 83.0 Å². The molecular formula is C23H21ClN4O3S. The molecule has 5 rings (SSSR count). The van der Waals surface area contributed by atoms with E-state index in [-0.39, 0.29) is 17.3 Å². The molecule has 32 heavy (non-hydrogen) atoms. The number of pyridine rings is 1. The summed E-state index contributed by atoms with van der Waals surface area (Å²) in [6.07, 6.45) is 1.93. The summed E-state index contributed by atoms with van der Waals surface area (Å²) in [5, 5.41) is 2.03. The fourth-order valence-corrected chi connectivity index (χ4v) is 5.93. The van der Waals surface area contributed by atoms with E-state index in [1.807, 2.05) is 13.0 Å². The first kappa shape index (κ1) is 20.9. The van der Waals surface area contributed by atoms with Gasteiger partial charge in [0.05, 0.1) is 22.5 Å². The lowest BCUT2D eigenvalue weighted by atomic mass is 9.93. The average Bonchev–Trinajstić information content (AvgIpc) is 3.00. The fourth-order valence-electron chi connectivity index (χ4n) is 4.29. The smallest absolute Gasteiger partial charge is 0.265 e. The minimum absolute atomic E-state index is 0.123. The maximum Gasteiger partial charge on any atom is 0.265 e. The van der Waals surface area contributed by atoms with Gasteiger partial charge in [-0.3, -0.25) is 4.79 Å². The van der Waals surface area contributed by atoms with Gasteiger partial charge in [0.15, 0.2) is 0 Å². The van der Waals surface area contributed by atoms with Gasteiger partial charge in [0.1, 0.15) is 5.82 Å². The molecule has 164 valence electrons. The molecule has 1 aromatic heterocycles. The Morgan fingerprint density at radius 1 is 1.09 bits per heavy atom. The first-order valence-corrected chi connectivity index (χ1v) is 12.1. The van der Waals surface area contributed by atoms with E-state index in [1.165, 1.54) is 9.31 Å². The van der Waals surface area contributed by atoms with Crippen LogP contribution in [0.4, 0.5) is 11.5 Å². The number of benzene rings is 2. The summed E-state index contributed by atoms with van der Waals surface area (Å²) in [6, 6.07) is 17.0. The fraction of sp³-hybridized carbons (Fsp3) is 0.217. The van der Waals surface area contributed by atoms with E-state index in [1.54, 1.807) is 60.8 Å². The topological polar surface area (TPSA) is 82.6 Å². The SMILES string of the molecule is Cc1ccc(S(=O)(=O)N2CCC3C(=O)N(c4cccc(Cl)c4)NC3c3cccnc32)cc1. The molecular weight excluding hydrogens is 448 g/mol. The summed E-state index contributed by atoms with van der Waals surface area (Å²) in [7, 11) is -3.83. The van der Waals surface area contributed by atoms with Crippen LogP contribution in [0.1, 0.15) is 23.6 Å². The van der Waals surface area contributed by atoms with Crippen LogP contribution in [0, 0.1) is 12.8 Å². The third-order valence-electron chi connectivity index (χ3n) is 5.91. The molecule has 3 heterocycles. The van der Waals surface area contributed by atoms with Crippen molar-refractivity contribution < 1.29 is 13.2 Å². The van der Waals surface area contributed by atoms with Gasteiger partial charge in [-0.2, -0.15) is 0 Å². The molecule has 0 spiro atoms. The van der Waals surface area contributed by atoms with E-state index in [2.05, 4.69) is 10.4 Å². The number of carbonyl (C=O) groups excluding carboxylic acids is 1. The van der Waals surface area contributed by atoms with E-state index in [9.17, 15) is 13.2 Å². The zero-order chi connectivity index (χ0) is 22.5. The third-order valence-corrected chi connectivity index (χ3v) is 7.95. The third kappa shape index (κ3) is 3.44. The predicted molar refractivity (Wildman–Crippen MR) is 123 cm³/mol. The largest absolute Gasteiger partial charge is 0.273 e. The van der Waals surface area contributed by atoms with Gasteiger partial charge < -0.3 is 0 Å². The van der Waals surface area contributed by atoms with Gasteiger partial charge in [-0.25, -0.2) is 28.1 Å². The molecule has 2 aliphatic rings. The molecule has 1 amide bonds. The number of hydrogen-bond donors (Lipinski definition) is 1. The Bertz CT molecular complexity index is 1300. The molecule has 0 saturated carbocycles. The number of nitrogens with zero attached hydrogens (tertiary/aromatic N) is 3. The molecule has 0 aliphatic carbocycles. The lowest BCUT2D eigenvalue weighted by molar-refractivity contribution is -0.120. The number of carbonyl (C=O) groups is 1. The molecule has 1 saturated heterocycles. The highest BCUT2D eigenvalue weighted by Gasteiger charge is 2.46. The summed E-state index contributed by atoms with van der Waals surface area (Å²) in [5.41, 5.74) is 5.55. The number of sulfonamides is 1. The summed E-state index contributed by atoms with van der Waals surface area (Å²) >= 11 is 6.12. The molecule has 0 radical (unpaired) electrons. The molecule has 3 aromatic rings. The van der Waals surface area contributed by atoms with Gasteiger partial charge in [0, 0.05) is 23.3 Å². The highest BCUT2D eigenvalue weighted by Crippen LogP contribution is 2.42. The minimum Gasteiger partial charge on any atom is -0.273 e. The molecule has 7 nitrogen and oxygen atoms in total.